The second kappa shape index (κ2) is 7.04. The van der Waals surface area contributed by atoms with E-state index in [0.29, 0.717) is 0 Å². The molecule has 0 bridgehead atoms. The number of nitrogens with two attached hydrogens (primary N) is 1. The summed E-state index contributed by atoms with van der Waals surface area (Å²) in [7, 11) is 0. The zero-order chi connectivity index (χ0) is 15.1. The van der Waals surface area contributed by atoms with Crippen molar-refractivity contribution in [3.05, 3.63) is 33.9 Å². The first-order chi connectivity index (χ1) is 9.43. The molecule has 1 amide bonds. The van der Waals surface area contributed by atoms with Gasteiger partial charge in [-0.2, -0.15) is 0 Å². The maximum atomic E-state index is 11.0. The van der Waals surface area contributed by atoms with Crippen LogP contribution in [0.15, 0.2) is 18.2 Å². The zero-order valence-electron chi connectivity index (χ0n) is 10.4. The van der Waals surface area contributed by atoms with Gasteiger partial charge < -0.3 is 20.9 Å². The molecule has 0 aliphatic carbocycles. The van der Waals surface area contributed by atoms with Gasteiger partial charge in [0.1, 0.15) is 12.3 Å². The molecule has 4 N–H and O–H groups in total. The molecule has 0 saturated heterocycles. The number of hydrogen-bond acceptors (Lipinski definition) is 6. The van der Waals surface area contributed by atoms with Crippen molar-refractivity contribution in [1.82, 2.24) is 0 Å². The highest BCUT2D eigenvalue weighted by molar-refractivity contribution is 5.96. The third kappa shape index (κ3) is 4.21. The Kier molecular flexibility index (Phi) is 5.42. The van der Waals surface area contributed by atoms with Crippen LogP contribution in [0.1, 0.15) is 10.4 Å². The number of nitro groups is 1. The van der Waals surface area contributed by atoms with Crippen molar-refractivity contribution in [2.75, 3.05) is 25.1 Å². The summed E-state index contributed by atoms with van der Waals surface area (Å²) in [6.07, 6.45) is 0. The van der Waals surface area contributed by atoms with Crippen LogP contribution in [0.4, 0.5) is 11.4 Å². The number of benzene rings is 1. The van der Waals surface area contributed by atoms with E-state index in [9.17, 15) is 19.7 Å². The van der Waals surface area contributed by atoms with E-state index in [4.69, 9.17) is 15.6 Å². The molecular weight excluding hydrogens is 270 g/mol. The minimum Gasteiger partial charge on any atom is -0.478 e. The molecule has 0 aliphatic heterocycles. The molecule has 0 unspecified atom stereocenters. The van der Waals surface area contributed by atoms with E-state index < -0.39 is 16.8 Å². The molecule has 0 heterocycles. The molecule has 9 nitrogen and oxygen atoms in total. The summed E-state index contributed by atoms with van der Waals surface area (Å²) in [5, 5.41) is 22.5. The van der Waals surface area contributed by atoms with Crippen LogP contribution < -0.4 is 11.1 Å². The van der Waals surface area contributed by atoms with Gasteiger partial charge in [-0.15, -0.1) is 0 Å². The lowest BCUT2D eigenvalue weighted by molar-refractivity contribution is -0.384. The molecule has 0 aliphatic rings. The number of aromatic carboxylic acids is 1. The maximum Gasteiger partial charge on any atom is 0.338 e. The Bertz CT molecular complexity index is 499. The number of rotatable bonds is 8. The fourth-order valence-electron chi connectivity index (χ4n) is 1.48. The maximum absolute atomic E-state index is 11.0. The third-order valence-electron chi connectivity index (χ3n) is 2.26. The summed E-state index contributed by atoms with van der Waals surface area (Å²) < 4.78 is 4.86. The van der Waals surface area contributed by atoms with E-state index in [1.807, 2.05) is 0 Å². The van der Waals surface area contributed by atoms with E-state index >= 15 is 0 Å². The van der Waals surface area contributed by atoms with Crippen LogP contribution in [0.5, 0.6) is 0 Å². The summed E-state index contributed by atoms with van der Waals surface area (Å²) in [6.45, 7) is -0.128. The number of anilines is 1. The molecule has 1 aromatic carbocycles. The van der Waals surface area contributed by atoms with E-state index in [2.05, 4.69) is 5.32 Å². The van der Waals surface area contributed by atoms with E-state index in [0.717, 1.165) is 0 Å². The summed E-state index contributed by atoms with van der Waals surface area (Å²) in [5.74, 6) is -1.92. The quantitative estimate of drug-likeness (QED) is 0.351. The van der Waals surface area contributed by atoms with Gasteiger partial charge in [0.25, 0.3) is 5.69 Å². The van der Waals surface area contributed by atoms with E-state index in [1.54, 1.807) is 0 Å². The Balaban J connectivity index is 2.78. The van der Waals surface area contributed by atoms with Gasteiger partial charge in [0.2, 0.25) is 5.91 Å². The van der Waals surface area contributed by atoms with Crippen molar-refractivity contribution in [1.29, 1.82) is 0 Å². The van der Waals surface area contributed by atoms with Gasteiger partial charge >= 0.3 is 5.97 Å². The number of ether oxygens (including phenoxy) is 1. The number of amides is 1. The average Bonchev–Trinajstić information content (AvgIpc) is 2.37. The molecule has 1 rings (SSSR count). The van der Waals surface area contributed by atoms with Crippen molar-refractivity contribution >= 4 is 23.3 Å². The SMILES string of the molecule is NC(=O)COCCNc1c(C(=O)O)cccc1[N+](=O)[O-]. The van der Waals surface area contributed by atoms with E-state index in [-0.39, 0.29) is 36.7 Å². The minimum absolute atomic E-state index is 0.0497. The number of carbonyl (C=O) groups excluding carboxylic acids is 1. The fraction of sp³-hybridized carbons (Fsp3) is 0.273. The first-order valence-corrected chi connectivity index (χ1v) is 5.54. The van der Waals surface area contributed by atoms with Crippen molar-refractivity contribution in [3.63, 3.8) is 0 Å². The predicted octanol–water partition coefficient (Wildman–Crippen LogP) is 0.207. The highest BCUT2D eigenvalue weighted by Gasteiger charge is 2.20. The van der Waals surface area contributed by atoms with Crippen LogP contribution >= 0.6 is 0 Å². The topological polar surface area (TPSA) is 145 Å². The summed E-state index contributed by atoms with van der Waals surface area (Å²) in [6, 6.07) is 3.73. The number of carbonyl (C=O) groups is 2. The van der Waals surface area contributed by atoms with Gasteiger partial charge in [-0.05, 0) is 6.07 Å². The van der Waals surface area contributed by atoms with Crippen molar-refractivity contribution in [3.8, 4) is 0 Å². The van der Waals surface area contributed by atoms with Gasteiger partial charge in [0, 0.05) is 12.6 Å². The summed E-state index contributed by atoms with van der Waals surface area (Å²) in [5.41, 5.74) is 4.20. The molecule has 0 aromatic heterocycles. The smallest absolute Gasteiger partial charge is 0.338 e. The lowest BCUT2D eigenvalue weighted by Gasteiger charge is -2.09. The average molecular weight is 283 g/mol. The van der Waals surface area contributed by atoms with Gasteiger partial charge in [-0.25, -0.2) is 4.79 Å². The highest BCUT2D eigenvalue weighted by atomic mass is 16.6. The zero-order valence-corrected chi connectivity index (χ0v) is 10.4. The standard InChI is InChI=1S/C11H13N3O6/c12-9(15)6-20-5-4-13-10-7(11(16)17)2-1-3-8(10)14(18)19/h1-3,13H,4-6H2,(H2,12,15)(H,16,17). The molecule has 20 heavy (non-hydrogen) atoms. The Morgan fingerprint density at radius 3 is 2.70 bits per heavy atom. The van der Waals surface area contributed by atoms with Gasteiger partial charge in [-0.3, -0.25) is 14.9 Å². The van der Waals surface area contributed by atoms with Crippen molar-refractivity contribution < 1.29 is 24.4 Å². The molecular formula is C11H13N3O6. The number of carboxylic acid groups (broad SMARTS) is 1. The fourth-order valence-corrected chi connectivity index (χ4v) is 1.48. The first-order valence-electron chi connectivity index (χ1n) is 5.54. The number of nitro benzene ring substituents is 1. The number of primary amides is 1. The summed E-state index contributed by atoms with van der Waals surface area (Å²) in [4.78, 5) is 31.6. The minimum atomic E-state index is -1.28. The molecule has 0 fully saturated rings. The Morgan fingerprint density at radius 1 is 1.45 bits per heavy atom. The normalized spacial score (nSPS) is 10.0. The molecule has 1 aromatic rings. The first kappa shape index (κ1) is 15.4. The monoisotopic (exact) mass is 283 g/mol. The number of carboxylic acids is 1. The number of nitrogens with zero attached hydrogens (tertiary/aromatic N) is 1. The van der Waals surface area contributed by atoms with Crippen LogP contribution in [-0.2, 0) is 9.53 Å². The number of hydrogen-bond donors (Lipinski definition) is 3. The molecule has 0 radical (unpaired) electrons. The van der Waals surface area contributed by atoms with Crippen molar-refractivity contribution in [2.45, 2.75) is 0 Å². The largest absolute Gasteiger partial charge is 0.478 e. The second-order valence-corrected chi connectivity index (χ2v) is 3.71. The lowest BCUT2D eigenvalue weighted by Crippen LogP contribution is -2.21. The Hall–Kier alpha value is -2.68. The van der Waals surface area contributed by atoms with Crippen LogP contribution in [-0.4, -0.2) is 41.7 Å². The Morgan fingerprint density at radius 2 is 2.15 bits per heavy atom. The van der Waals surface area contributed by atoms with Crippen LogP contribution in [0, 0.1) is 10.1 Å². The number of nitrogens with one attached hydrogen (secondary N) is 1. The van der Waals surface area contributed by atoms with Crippen LogP contribution in [0.2, 0.25) is 0 Å². The third-order valence-corrected chi connectivity index (χ3v) is 2.26. The summed E-state index contributed by atoms with van der Waals surface area (Å²) >= 11 is 0. The van der Waals surface area contributed by atoms with Crippen LogP contribution in [0.25, 0.3) is 0 Å². The van der Waals surface area contributed by atoms with Crippen molar-refractivity contribution in [2.24, 2.45) is 5.73 Å². The Labute approximate surface area is 113 Å². The van der Waals surface area contributed by atoms with Crippen LogP contribution in [0.3, 0.4) is 0 Å². The second-order valence-electron chi connectivity index (χ2n) is 3.71. The van der Waals surface area contributed by atoms with Gasteiger partial charge in [-0.1, -0.05) is 6.07 Å². The number of para-hydroxylation sites is 1. The molecule has 108 valence electrons. The lowest BCUT2D eigenvalue weighted by atomic mass is 10.1. The predicted molar refractivity (Wildman–Crippen MR) is 68.6 cm³/mol. The molecule has 0 spiro atoms. The van der Waals surface area contributed by atoms with Gasteiger partial charge in [0.05, 0.1) is 17.1 Å². The molecule has 0 atom stereocenters. The molecule has 9 heteroatoms. The molecule has 0 saturated carbocycles. The van der Waals surface area contributed by atoms with E-state index in [1.165, 1.54) is 18.2 Å². The van der Waals surface area contributed by atoms with Gasteiger partial charge in [0.15, 0.2) is 0 Å². The highest BCUT2D eigenvalue weighted by Crippen LogP contribution is 2.28.